The molecule has 1 aliphatic heterocycles. The number of nitrogen functional groups attached to an aromatic ring is 1. The van der Waals surface area contributed by atoms with Gasteiger partial charge in [0.2, 0.25) is 5.91 Å². The second kappa shape index (κ2) is 9.89. The van der Waals surface area contributed by atoms with Crippen molar-refractivity contribution < 1.29 is 9.59 Å². The SMILES string of the molecule is CC(=O)N(CC1CCN(C)CC1)c1cc(C)sc1C(=O)NCc1ccc2c(N)nccc2c1. The summed E-state index contributed by atoms with van der Waals surface area (Å²) >= 11 is 1.43. The third kappa shape index (κ3) is 5.34. The fourth-order valence-electron chi connectivity index (χ4n) is 4.39. The molecule has 0 bridgehead atoms. The van der Waals surface area contributed by atoms with Crippen LogP contribution in [0.2, 0.25) is 0 Å². The number of rotatable bonds is 6. The Bertz CT molecular complexity index is 1170. The number of carbonyl (C=O) groups is 2. The van der Waals surface area contributed by atoms with E-state index in [1.54, 1.807) is 18.0 Å². The fourth-order valence-corrected chi connectivity index (χ4v) is 5.32. The molecule has 3 N–H and O–H groups in total. The Morgan fingerprint density at radius 2 is 2.00 bits per heavy atom. The first kappa shape index (κ1) is 23.2. The Labute approximate surface area is 198 Å². The number of carbonyl (C=O) groups excluding carboxylic acids is 2. The van der Waals surface area contributed by atoms with Crippen LogP contribution in [0.15, 0.2) is 36.5 Å². The molecule has 0 aliphatic carbocycles. The van der Waals surface area contributed by atoms with Crippen LogP contribution in [0, 0.1) is 12.8 Å². The minimum Gasteiger partial charge on any atom is -0.383 e. The molecule has 174 valence electrons. The quantitative estimate of drug-likeness (QED) is 0.578. The lowest BCUT2D eigenvalue weighted by Crippen LogP contribution is -2.39. The summed E-state index contributed by atoms with van der Waals surface area (Å²) in [6, 6.07) is 9.76. The molecule has 2 amide bonds. The molecule has 4 rings (SSSR count). The minimum atomic E-state index is -0.160. The molecule has 0 radical (unpaired) electrons. The lowest BCUT2D eigenvalue weighted by Gasteiger charge is -2.32. The maximum atomic E-state index is 13.2. The molecule has 0 spiro atoms. The first-order chi connectivity index (χ1) is 15.8. The molecular weight excluding hydrogens is 434 g/mol. The van der Waals surface area contributed by atoms with E-state index in [1.165, 1.54) is 11.3 Å². The van der Waals surface area contributed by atoms with Gasteiger partial charge in [-0.25, -0.2) is 4.98 Å². The molecule has 8 heteroatoms. The van der Waals surface area contributed by atoms with Crippen LogP contribution in [0.1, 0.15) is 39.9 Å². The summed E-state index contributed by atoms with van der Waals surface area (Å²) in [7, 11) is 2.13. The number of pyridine rings is 1. The number of anilines is 2. The highest BCUT2D eigenvalue weighted by Gasteiger charge is 2.26. The van der Waals surface area contributed by atoms with Crippen molar-refractivity contribution in [3.63, 3.8) is 0 Å². The number of hydrogen-bond acceptors (Lipinski definition) is 6. The number of benzene rings is 1. The van der Waals surface area contributed by atoms with Crippen LogP contribution >= 0.6 is 11.3 Å². The smallest absolute Gasteiger partial charge is 0.263 e. The molecule has 0 saturated carbocycles. The van der Waals surface area contributed by atoms with Gasteiger partial charge in [0, 0.05) is 36.5 Å². The second-order valence-electron chi connectivity index (χ2n) is 8.88. The Morgan fingerprint density at radius 1 is 1.24 bits per heavy atom. The summed E-state index contributed by atoms with van der Waals surface area (Å²) in [4.78, 5) is 35.6. The molecule has 1 aromatic carbocycles. The summed E-state index contributed by atoms with van der Waals surface area (Å²) in [5, 5.41) is 4.92. The molecule has 1 aliphatic rings. The summed E-state index contributed by atoms with van der Waals surface area (Å²) < 4.78 is 0. The van der Waals surface area contributed by atoms with Gasteiger partial charge in [-0.05, 0) is 75.0 Å². The van der Waals surface area contributed by atoms with E-state index in [1.807, 2.05) is 37.3 Å². The van der Waals surface area contributed by atoms with Gasteiger partial charge >= 0.3 is 0 Å². The van der Waals surface area contributed by atoms with Gasteiger partial charge in [0.05, 0.1) is 5.69 Å². The molecule has 2 aromatic heterocycles. The maximum absolute atomic E-state index is 13.2. The van der Waals surface area contributed by atoms with Gasteiger partial charge in [0.1, 0.15) is 10.7 Å². The standard InChI is InChI=1S/C25H31N5O2S/c1-16-12-22(30(17(2)31)15-18-7-10-29(3)11-8-18)23(33-16)25(32)28-14-19-4-5-21-20(13-19)6-9-27-24(21)26/h4-6,9,12-13,18H,7-8,10-11,14-15H2,1-3H3,(H2,26,27)(H,28,32). The van der Waals surface area contributed by atoms with Crippen molar-refractivity contribution in [1.29, 1.82) is 0 Å². The molecule has 0 unspecified atom stereocenters. The van der Waals surface area contributed by atoms with Gasteiger partial charge in [0.25, 0.3) is 5.91 Å². The van der Waals surface area contributed by atoms with Crippen LogP contribution < -0.4 is 16.0 Å². The predicted octanol–water partition coefficient (Wildman–Crippen LogP) is 3.81. The summed E-state index contributed by atoms with van der Waals surface area (Å²) in [5.41, 5.74) is 7.63. The minimum absolute atomic E-state index is 0.0264. The Balaban J connectivity index is 1.49. The zero-order chi connectivity index (χ0) is 23.5. The van der Waals surface area contributed by atoms with Gasteiger partial charge < -0.3 is 20.9 Å². The molecule has 1 saturated heterocycles. The first-order valence-corrected chi connectivity index (χ1v) is 12.1. The lowest BCUT2D eigenvalue weighted by atomic mass is 9.96. The van der Waals surface area contributed by atoms with Gasteiger partial charge in [-0.15, -0.1) is 11.3 Å². The van der Waals surface area contributed by atoms with E-state index in [-0.39, 0.29) is 11.8 Å². The zero-order valence-corrected chi connectivity index (χ0v) is 20.2. The topological polar surface area (TPSA) is 91.6 Å². The van der Waals surface area contributed by atoms with Crippen LogP contribution in [0.3, 0.4) is 0 Å². The van der Waals surface area contributed by atoms with Gasteiger partial charge in [-0.1, -0.05) is 12.1 Å². The summed E-state index contributed by atoms with van der Waals surface area (Å²) in [6.07, 6.45) is 3.81. The van der Waals surface area contributed by atoms with Crippen LogP contribution in [0.25, 0.3) is 10.8 Å². The Kier molecular flexibility index (Phi) is 6.95. The number of fused-ring (bicyclic) bond motifs is 1. The molecule has 3 aromatic rings. The van der Waals surface area contributed by atoms with Crippen molar-refractivity contribution in [2.24, 2.45) is 5.92 Å². The largest absolute Gasteiger partial charge is 0.383 e. The van der Waals surface area contributed by atoms with Crippen molar-refractivity contribution in [2.45, 2.75) is 33.2 Å². The van der Waals surface area contributed by atoms with E-state index >= 15 is 0 Å². The molecule has 7 nitrogen and oxygen atoms in total. The van der Waals surface area contributed by atoms with Gasteiger partial charge in [0.15, 0.2) is 0 Å². The molecule has 1 fully saturated rings. The third-order valence-electron chi connectivity index (χ3n) is 6.30. The highest BCUT2D eigenvalue weighted by molar-refractivity contribution is 7.14. The summed E-state index contributed by atoms with van der Waals surface area (Å²) in [6.45, 7) is 6.68. The van der Waals surface area contributed by atoms with E-state index in [0.29, 0.717) is 29.7 Å². The number of nitrogens with two attached hydrogens (primary N) is 1. The van der Waals surface area contributed by atoms with E-state index in [4.69, 9.17) is 5.73 Å². The fraction of sp³-hybridized carbons (Fsp3) is 0.400. The molecule has 3 heterocycles. The number of aromatic nitrogens is 1. The monoisotopic (exact) mass is 465 g/mol. The van der Waals surface area contributed by atoms with E-state index in [0.717, 1.165) is 52.8 Å². The number of likely N-dealkylation sites (tertiary alicyclic amines) is 1. The third-order valence-corrected chi connectivity index (χ3v) is 7.34. The zero-order valence-electron chi connectivity index (χ0n) is 19.4. The van der Waals surface area contributed by atoms with Gasteiger partial charge in [-0.3, -0.25) is 9.59 Å². The van der Waals surface area contributed by atoms with Crippen molar-refractivity contribution in [3.05, 3.63) is 51.8 Å². The van der Waals surface area contributed by atoms with Crippen molar-refractivity contribution in [2.75, 3.05) is 37.3 Å². The highest BCUT2D eigenvalue weighted by Crippen LogP contribution is 2.32. The lowest BCUT2D eigenvalue weighted by molar-refractivity contribution is -0.116. The Morgan fingerprint density at radius 3 is 2.73 bits per heavy atom. The molecular formula is C25H31N5O2S. The van der Waals surface area contributed by atoms with Crippen LogP contribution in [0.4, 0.5) is 11.5 Å². The van der Waals surface area contributed by atoms with Gasteiger partial charge in [-0.2, -0.15) is 0 Å². The van der Waals surface area contributed by atoms with E-state index in [9.17, 15) is 9.59 Å². The number of hydrogen-bond donors (Lipinski definition) is 2. The molecule has 0 atom stereocenters. The number of piperidine rings is 1. The second-order valence-corrected chi connectivity index (χ2v) is 10.1. The van der Waals surface area contributed by atoms with Crippen molar-refractivity contribution in [3.8, 4) is 0 Å². The van der Waals surface area contributed by atoms with Crippen LogP contribution in [-0.4, -0.2) is 48.4 Å². The maximum Gasteiger partial charge on any atom is 0.263 e. The molecule has 33 heavy (non-hydrogen) atoms. The average molecular weight is 466 g/mol. The highest BCUT2D eigenvalue weighted by atomic mass is 32.1. The number of aryl methyl sites for hydroxylation is 1. The van der Waals surface area contributed by atoms with Crippen LogP contribution in [0.5, 0.6) is 0 Å². The summed E-state index contributed by atoms with van der Waals surface area (Å²) in [5.74, 6) is 0.755. The number of nitrogens with zero attached hydrogens (tertiary/aromatic N) is 3. The van der Waals surface area contributed by atoms with Crippen molar-refractivity contribution in [1.82, 2.24) is 15.2 Å². The number of thiophene rings is 1. The predicted molar refractivity (Wildman–Crippen MR) is 135 cm³/mol. The van der Waals surface area contributed by atoms with E-state index < -0.39 is 0 Å². The number of amides is 2. The first-order valence-electron chi connectivity index (χ1n) is 11.3. The van der Waals surface area contributed by atoms with Crippen molar-refractivity contribution >= 4 is 45.4 Å². The van der Waals surface area contributed by atoms with Crippen LogP contribution in [-0.2, 0) is 11.3 Å². The van der Waals surface area contributed by atoms with E-state index in [2.05, 4.69) is 22.2 Å². The average Bonchev–Trinajstić information content (AvgIpc) is 3.18. The Hall–Kier alpha value is -2.97. The normalized spacial score (nSPS) is 15.0. The number of nitrogens with one attached hydrogen (secondary N) is 1.